The summed E-state index contributed by atoms with van der Waals surface area (Å²) in [6.07, 6.45) is 1.97. The number of ketones is 1. The Hall–Kier alpha value is -3.04. The van der Waals surface area contributed by atoms with E-state index in [1.54, 1.807) is 0 Å². The molecule has 0 amide bonds. The highest BCUT2D eigenvalue weighted by Gasteiger charge is 2.30. The van der Waals surface area contributed by atoms with E-state index in [4.69, 9.17) is 0 Å². The highest BCUT2D eigenvalue weighted by molar-refractivity contribution is 8.08. The zero-order chi connectivity index (χ0) is 18.5. The maximum Gasteiger partial charge on any atom is 0.203 e. The summed E-state index contributed by atoms with van der Waals surface area (Å²) in [6.45, 7) is 0.686. The van der Waals surface area contributed by atoms with Crippen molar-refractivity contribution in [1.29, 1.82) is 0 Å². The third kappa shape index (κ3) is 4.04. The Kier molecular flexibility index (Phi) is 5.22. The molecule has 0 fully saturated rings. The number of hydrogen-bond donors (Lipinski definition) is 1. The second kappa shape index (κ2) is 8.11. The maximum atomic E-state index is 13.1. The minimum absolute atomic E-state index is 0.0746. The molecule has 132 valence electrons. The summed E-state index contributed by atoms with van der Waals surface area (Å²) in [4.78, 5) is 13.9. The fourth-order valence-corrected chi connectivity index (χ4v) is 4.07. The fraction of sp³-hybridized carbons (Fsp3) is 0.0417. The van der Waals surface area contributed by atoms with E-state index >= 15 is 0 Å². The van der Waals surface area contributed by atoms with Crippen LogP contribution in [0.4, 0.5) is 0 Å². The van der Waals surface area contributed by atoms with Crippen LogP contribution in [0.25, 0.3) is 11.6 Å². The first-order chi connectivity index (χ1) is 13.3. The van der Waals surface area contributed by atoms with Gasteiger partial charge in [-0.15, -0.1) is 0 Å². The van der Waals surface area contributed by atoms with E-state index in [0.29, 0.717) is 6.54 Å². The molecule has 27 heavy (non-hydrogen) atoms. The summed E-state index contributed by atoms with van der Waals surface area (Å²) in [6, 6.07) is 30.1. The molecule has 3 heteroatoms. The van der Waals surface area contributed by atoms with Gasteiger partial charge in [-0.3, -0.25) is 4.79 Å². The number of nitrogens with one attached hydrogen (secondary N) is 1. The summed E-state index contributed by atoms with van der Waals surface area (Å²) in [7, 11) is 0. The molecule has 1 heterocycles. The Labute approximate surface area is 163 Å². The molecule has 3 aromatic carbocycles. The highest BCUT2D eigenvalue weighted by atomic mass is 32.2. The van der Waals surface area contributed by atoms with E-state index in [1.165, 1.54) is 17.3 Å². The van der Waals surface area contributed by atoms with Crippen molar-refractivity contribution in [3.63, 3.8) is 0 Å². The highest BCUT2D eigenvalue weighted by Crippen LogP contribution is 2.42. The number of allylic oxidation sites excluding steroid dienone is 2. The number of rotatable bonds is 5. The molecule has 4 rings (SSSR count). The molecule has 0 saturated heterocycles. The van der Waals surface area contributed by atoms with Crippen LogP contribution in [0.5, 0.6) is 0 Å². The second-order valence-electron chi connectivity index (χ2n) is 6.26. The summed E-state index contributed by atoms with van der Waals surface area (Å²) >= 11 is 1.52. The molecular weight excluding hydrogens is 350 g/mol. The van der Waals surface area contributed by atoms with Crippen LogP contribution in [0.1, 0.15) is 16.7 Å². The Balaban J connectivity index is 1.66. The molecule has 0 aliphatic carbocycles. The Morgan fingerprint density at radius 3 is 2.04 bits per heavy atom. The largest absolute Gasteiger partial charge is 0.375 e. The fourth-order valence-electron chi connectivity index (χ4n) is 3.00. The van der Waals surface area contributed by atoms with Crippen LogP contribution < -0.4 is 5.32 Å². The lowest BCUT2D eigenvalue weighted by molar-refractivity contribution is -0.109. The van der Waals surface area contributed by atoms with Gasteiger partial charge in [-0.2, -0.15) is 0 Å². The van der Waals surface area contributed by atoms with Gasteiger partial charge in [0.05, 0.1) is 15.5 Å². The third-order valence-electron chi connectivity index (χ3n) is 4.35. The van der Waals surface area contributed by atoms with Gasteiger partial charge in [0.1, 0.15) is 0 Å². The van der Waals surface area contributed by atoms with Crippen molar-refractivity contribution in [2.24, 2.45) is 0 Å². The first-order valence-corrected chi connectivity index (χ1v) is 9.70. The van der Waals surface area contributed by atoms with E-state index in [0.717, 1.165) is 26.6 Å². The van der Waals surface area contributed by atoms with Gasteiger partial charge in [0.15, 0.2) is 0 Å². The number of thioether (sulfide) groups is 1. The van der Waals surface area contributed by atoms with Gasteiger partial charge in [0, 0.05) is 6.54 Å². The first kappa shape index (κ1) is 17.4. The number of benzene rings is 3. The first-order valence-electron chi connectivity index (χ1n) is 8.88. The van der Waals surface area contributed by atoms with Gasteiger partial charge in [0.25, 0.3) is 0 Å². The summed E-state index contributed by atoms with van der Waals surface area (Å²) in [5.74, 6) is 0.0746. The van der Waals surface area contributed by atoms with E-state index in [9.17, 15) is 4.79 Å². The molecule has 0 saturated carbocycles. The molecule has 3 aromatic rings. The van der Waals surface area contributed by atoms with Crippen LogP contribution in [0.15, 0.2) is 101 Å². The van der Waals surface area contributed by atoms with Crippen LogP contribution in [0.3, 0.4) is 0 Å². The zero-order valence-electron chi connectivity index (χ0n) is 14.8. The van der Waals surface area contributed by atoms with Gasteiger partial charge in [-0.05, 0) is 22.8 Å². The molecule has 1 aliphatic heterocycles. The summed E-state index contributed by atoms with van der Waals surface area (Å²) in [5.41, 5.74) is 3.91. The van der Waals surface area contributed by atoms with Crippen molar-refractivity contribution in [2.45, 2.75) is 6.54 Å². The Morgan fingerprint density at radius 2 is 1.37 bits per heavy atom. The predicted molar refractivity (Wildman–Crippen MR) is 114 cm³/mol. The van der Waals surface area contributed by atoms with Crippen molar-refractivity contribution < 1.29 is 4.79 Å². The molecule has 0 unspecified atom stereocenters. The van der Waals surface area contributed by atoms with Gasteiger partial charge in [0.2, 0.25) is 5.78 Å². The number of carbonyl (C=O) groups excluding carboxylic acids is 1. The van der Waals surface area contributed by atoms with Crippen LogP contribution in [0.2, 0.25) is 0 Å². The number of carbonyl (C=O) groups is 1. The maximum absolute atomic E-state index is 13.1. The molecular formula is C24H19NOS. The third-order valence-corrected chi connectivity index (χ3v) is 5.42. The van der Waals surface area contributed by atoms with Crippen molar-refractivity contribution in [3.8, 4) is 0 Å². The average molecular weight is 369 g/mol. The molecule has 0 atom stereocenters. The van der Waals surface area contributed by atoms with Gasteiger partial charge in [-0.1, -0.05) is 103 Å². The molecule has 2 nitrogen and oxygen atoms in total. The zero-order valence-corrected chi connectivity index (χ0v) is 15.6. The van der Waals surface area contributed by atoms with E-state index in [2.05, 4.69) is 17.4 Å². The standard InChI is InChI=1S/C24H19NOS/c26-23-21(16-18-10-4-1-5-11-18)27-24(22(23)20-14-8-3-9-15-20)25-17-19-12-6-2-7-13-19/h1-16,25H,17H2/b21-16-. The summed E-state index contributed by atoms with van der Waals surface area (Å²) < 4.78 is 0. The van der Waals surface area contributed by atoms with Crippen molar-refractivity contribution in [3.05, 3.63) is 118 Å². The molecule has 0 spiro atoms. The topological polar surface area (TPSA) is 29.1 Å². The lowest BCUT2D eigenvalue weighted by Gasteiger charge is -2.09. The number of hydrogen-bond acceptors (Lipinski definition) is 3. The molecule has 1 N–H and O–H groups in total. The summed E-state index contributed by atoms with van der Waals surface area (Å²) in [5, 5.41) is 4.39. The van der Waals surface area contributed by atoms with Crippen molar-refractivity contribution in [2.75, 3.05) is 0 Å². The van der Waals surface area contributed by atoms with Crippen LogP contribution in [0, 0.1) is 0 Å². The minimum Gasteiger partial charge on any atom is -0.375 e. The van der Waals surface area contributed by atoms with Gasteiger partial charge in [-0.25, -0.2) is 0 Å². The second-order valence-corrected chi connectivity index (χ2v) is 7.31. The van der Waals surface area contributed by atoms with Gasteiger partial charge >= 0.3 is 0 Å². The van der Waals surface area contributed by atoms with Crippen molar-refractivity contribution in [1.82, 2.24) is 5.32 Å². The van der Waals surface area contributed by atoms with Crippen LogP contribution in [-0.4, -0.2) is 5.78 Å². The van der Waals surface area contributed by atoms with Gasteiger partial charge < -0.3 is 5.32 Å². The smallest absolute Gasteiger partial charge is 0.203 e. The lowest BCUT2D eigenvalue weighted by Crippen LogP contribution is -2.11. The van der Waals surface area contributed by atoms with E-state index in [-0.39, 0.29) is 5.78 Å². The number of Topliss-reactive ketones (excluding diaryl/α,β-unsaturated/α-hetero) is 1. The lowest BCUT2D eigenvalue weighted by atomic mass is 10.0. The van der Waals surface area contributed by atoms with Crippen LogP contribution in [-0.2, 0) is 11.3 Å². The SMILES string of the molecule is O=C1C(c2ccccc2)=C(NCc2ccccc2)S/C1=C\c1ccccc1. The van der Waals surface area contributed by atoms with Crippen molar-refractivity contribution >= 4 is 29.2 Å². The molecule has 0 bridgehead atoms. The van der Waals surface area contributed by atoms with E-state index < -0.39 is 0 Å². The van der Waals surface area contributed by atoms with E-state index in [1.807, 2.05) is 84.9 Å². The predicted octanol–water partition coefficient (Wildman–Crippen LogP) is 5.50. The normalized spacial score (nSPS) is 15.4. The quantitative estimate of drug-likeness (QED) is 0.602. The van der Waals surface area contributed by atoms with Crippen LogP contribution >= 0.6 is 11.8 Å². The molecule has 1 aliphatic rings. The average Bonchev–Trinajstić information content (AvgIpc) is 3.04. The monoisotopic (exact) mass is 369 g/mol. The molecule has 0 radical (unpaired) electrons. The Bertz CT molecular complexity index is 992. The minimum atomic E-state index is 0.0746. The molecule has 0 aromatic heterocycles. The Morgan fingerprint density at radius 1 is 0.778 bits per heavy atom.